The molecule has 0 aliphatic carbocycles. The van der Waals surface area contributed by atoms with Crippen LogP contribution in [0.2, 0.25) is 0 Å². The number of phenolic OH excluding ortho intramolecular Hbond substituents is 1. The second-order valence-electron chi connectivity index (χ2n) is 4.23. The highest BCUT2D eigenvalue weighted by Crippen LogP contribution is 2.28. The molecule has 1 atom stereocenters. The predicted molar refractivity (Wildman–Crippen MR) is 60.0 cm³/mol. The normalized spacial score (nSPS) is 20.5. The number of phenols is 1. The third kappa shape index (κ3) is 1.23. The molecule has 2 aromatic rings. The topological polar surface area (TPSA) is 37.2 Å². The van der Waals surface area contributed by atoms with Gasteiger partial charge in [-0.25, -0.2) is 0 Å². The third-order valence-corrected chi connectivity index (χ3v) is 3.09. The van der Waals surface area contributed by atoms with Crippen molar-refractivity contribution in [3.05, 3.63) is 30.0 Å². The van der Waals surface area contributed by atoms with Crippen molar-refractivity contribution in [2.45, 2.75) is 19.5 Å². The van der Waals surface area contributed by atoms with Crippen LogP contribution in [0.4, 0.5) is 0 Å². The first kappa shape index (κ1) is 8.80. The molecule has 0 saturated heterocycles. The van der Waals surface area contributed by atoms with E-state index in [1.165, 1.54) is 11.2 Å². The van der Waals surface area contributed by atoms with Crippen molar-refractivity contribution in [2.75, 3.05) is 6.54 Å². The fourth-order valence-corrected chi connectivity index (χ4v) is 2.44. The van der Waals surface area contributed by atoms with Crippen molar-refractivity contribution in [3.63, 3.8) is 0 Å². The van der Waals surface area contributed by atoms with Gasteiger partial charge in [0.2, 0.25) is 0 Å². The van der Waals surface area contributed by atoms with E-state index in [1.54, 1.807) is 6.07 Å². The van der Waals surface area contributed by atoms with Gasteiger partial charge >= 0.3 is 0 Å². The Balaban J connectivity index is 2.32. The molecular weight excluding hydrogens is 188 g/mol. The van der Waals surface area contributed by atoms with E-state index in [0.717, 1.165) is 18.5 Å². The van der Waals surface area contributed by atoms with Crippen molar-refractivity contribution in [1.29, 1.82) is 0 Å². The molecule has 1 aliphatic rings. The highest BCUT2D eigenvalue weighted by Gasteiger charge is 2.17. The largest absolute Gasteiger partial charge is 0.508 e. The lowest BCUT2D eigenvalue weighted by atomic mass is 10.2. The van der Waals surface area contributed by atoms with Gasteiger partial charge in [-0.05, 0) is 31.2 Å². The summed E-state index contributed by atoms with van der Waals surface area (Å²) in [6.45, 7) is 4.14. The molecule has 1 aliphatic heterocycles. The number of fused-ring (bicyclic) bond motifs is 3. The van der Waals surface area contributed by atoms with Gasteiger partial charge in [0, 0.05) is 35.7 Å². The monoisotopic (exact) mass is 202 g/mol. The molecule has 3 rings (SSSR count). The van der Waals surface area contributed by atoms with Gasteiger partial charge in [0.25, 0.3) is 0 Å². The van der Waals surface area contributed by atoms with E-state index in [0.29, 0.717) is 11.8 Å². The molecule has 0 radical (unpaired) electrons. The van der Waals surface area contributed by atoms with Gasteiger partial charge in [0.1, 0.15) is 5.75 Å². The minimum Gasteiger partial charge on any atom is -0.508 e. The predicted octanol–water partition coefficient (Wildman–Crippen LogP) is 2.01. The maximum atomic E-state index is 9.43. The maximum absolute atomic E-state index is 9.43. The van der Waals surface area contributed by atoms with Gasteiger partial charge in [-0.15, -0.1) is 0 Å². The minimum absolute atomic E-state index is 0.339. The Bertz CT molecular complexity index is 516. The summed E-state index contributed by atoms with van der Waals surface area (Å²) >= 11 is 0. The third-order valence-electron chi connectivity index (χ3n) is 3.09. The Labute approximate surface area is 88.3 Å². The number of hydrogen-bond acceptors (Lipinski definition) is 2. The minimum atomic E-state index is 0.339. The molecule has 0 amide bonds. The van der Waals surface area contributed by atoms with Crippen molar-refractivity contribution in [1.82, 2.24) is 9.88 Å². The van der Waals surface area contributed by atoms with E-state index in [2.05, 4.69) is 22.9 Å². The van der Waals surface area contributed by atoms with Crippen LogP contribution in [0, 0.1) is 0 Å². The number of hydrogen-bond donors (Lipinski definition) is 2. The highest BCUT2D eigenvalue weighted by molar-refractivity contribution is 5.83. The Hall–Kier alpha value is -1.48. The second kappa shape index (κ2) is 3.00. The Morgan fingerprint density at radius 1 is 1.40 bits per heavy atom. The lowest BCUT2D eigenvalue weighted by molar-refractivity contribution is 0.439. The molecule has 1 aromatic heterocycles. The Kier molecular flexibility index (Phi) is 1.76. The van der Waals surface area contributed by atoms with Crippen LogP contribution in [0.15, 0.2) is 24.3 Å². The maximum Gasteiger partial charge on any atom is 0.116 e. The van der Waals surface area contributed by atoms with E-state index < -0.39 is 0 Å². The lowest BCUT2D eigenvalue weighted by Crippen LogP contribution is -2.30. The number of aromatic hydroxyl groups is 1. The van der Waals surface area contributed by atoms with Crippen molar-refractivity contribution in [3.8, 4) is 5.75 Å². The number of benzene rings is 1. The molecule has 3 heteroatoms. The van der Waals surface area contributed by atoms with Crippen LogP contribution >= 0.6 is 0 Å². The molecule has 2 N–H and O–H groups in total. The van der Waals surface area contributed by atoms with E-state index in [1.807, 2.05) is 12.1 Å². The van der Waals surface area contributed by atoms with Crippen molar-refractivity contribution in [2.24, 2.45) is 0 Å². The fourth-order valence-electron chi connectivity index (χ4n) is 2.44. The Morgan fingerprint density at radius 3 is 3.13 bits per heavy atom. The van der Waals surface area contributed by atoms with E-state index in [9.17, 15) is 5.11 Å². The van der Waals surface area contributed by atoms with E-state index >= 15 is 0 Å². The molecule has 0 spiro atoms. The van der Waals surface area contributed by atoms with Crippen molar-refractivity contribution >= 4 is 10.9 Å². The van der Waals surface area contributed by atoms with Crippen molar-refractivity contribution < 1.29 is 5.11 Å². The average molecular weight is 202 g/mol. The van der Waals surface area contributed by atoms with Crippen LogP contribution in [0.25, 0.3) is 10.9 Å². The second-order valence-corrected chi connectivity index (χ2v) is 4.23. The average Bonchev–Trinajstić information content (AvgIpc) is 2.56. The number of aromatic nitrogens is 1. The molecule has 0 unspecified atom stereocenters. The van der Waals surface area contributed by atoms with Gasteiger partial charge in [0.05, 0.1) is 0 Å². The molecule has 78 valence electrons. The van der Waals surface area contributed by atoms with E-state index in [4.69, 9.17) is 0 Å². The number of nitrogens with zero attached hydrogens (tertiary/aromatic N) is 1. The zero-order chi connectivity index (χ0) is 10.4. The number of nitrogens with one attached hydrogen (secondary N) is 1. The van der Waals surface area contributed by atoms with Crippen LogP contribution in [0.1, 0.15) is 18.7 Å². The highest BCUT2D eigenvalue weighted by atomic mass is 16.3. The van der Waals surface area contributed by atoms with Crippen LogP contribution in [0.3, 0.4) is 0 Å². The first-order valence-corrected chi connectivity index (χ1v) is 5.29. The summed E-state index contributed by atoms with van der Waals surface area (Å²) in [4.78, 5) is 0. The summed E-state index contributed by atoms with van der Waals surface area (Å²) < 4.78 is 2.35. The molecule has 0 saturated carbocycles. The van der Waals surface area contributed by atoms with Gasteiger partial charge in [-0.1, -0.05) is 0 Å². The van der Waals surface area contributed by atoms with Crippen LogP contribution in [0.5, 0.6) is 5.75 Å². The molecular formula is C12H14N2O. The molecule has 1 aromatic carbocycles. The summed E-state index contributed by atoms with van der Waals surface area (Å²) in [5, 5.41) is 13.9. The zero-order valence-corrected chi connectivity index (χ0v) is 8.70. The van der Waals surface area contributed by atoms with Gasteiger partial charge in [-0.2, -0.15) is 0 Å². The zero-order valence-electron chi connectivity index (χ0n) is 8.70. The molecule has 15 heavy (non-hydrogen) atoms. The summed E-state index contributed by atoms with van der Waals surface area (Å²) in [6.07, 6.45) is 0. The van der Waals surface area contributed by atoms with E-state index in [-0.39, 0.29) is 0 Å². The smallest absolute Gasteiger partial charge is 0.116 e. The van der Waals surface area contributed by atoms with Gasteiger partial charge in [-0.3, -0.25) is 0 Å². The fraction of sp³-hybridized carbons (Fsp3) is 0.333. The number of rotatable bonds is 0. The first-order valence-electron chi connectivity index (χ1n) is 5.29. The summed E-state index contributed by atoms with van der Waals surface area (Å²) in [6, 6.07) is 8.21. The standard InChI is InChI=1S/C12H14N2O/c1-8-6-13-7-10-4-9-5-11(15)2-3-12(9)14(8)10/h2-5,8,13,15H,6-7H2,1H3/t8-/m0/s1. The van der Waals surface area contributed by atoms with Crippen LogP contribution in [-0.4, -0.2) is 16.2 Å². The summed E-state index contributed by atoms with van der Waals surface area (Å²) in [7, 11) is 0. The van der Waals surface area contributed by atoms with Gasteiger partial charge in [0.15, 0.2) is 0 Å². The quantitative estimate of drug-likeness (QED) is 0.685. The summed E-state index contributed by atoms with van der Waals surface area (Å²) in [5.74, 6) is 0.339. The SMILES string of the molecule is C[C@H]1CNCc2cc3cc(O)ccc3n21. The molecule has 2 heterocycles. The van der Waals surface area contributed by atoms with Crippen LogP contribution in [-0.2, 0) is 6.54 Å². The molecule has 0 fully saturated rings. The first-order chi connectivity index (χ1) is 7.25. The lowest BCUT2D eigenvalue weighted by Gasteiger charge is -2.24. The van der Waals surface area contributed by atoms with Crippen LogP contribution < -0.4 is 5.32 Å². The Morgan fingerprint density at radius 2 is 2.27 bits per heavy atom. The summed E-state index contributed by atoms with van der Waals surface area (Å²) in [5.41, 5.74) is 2.52. The van der Waals surface area contributed by atoms with Gasteiger partial charge < -0.3 is 15.0 Å². The molecule has 3 nitrogen and oxygen atoms in total. The molecule has 0 bridgehead atoms.